The van der Waals surface area contributed by atoms with Crippen molar-refractivity contribution in [2.24, 2.45) is 7.05 Å². The highest BCUT2D eigenvalue weighted by Gasteiger charge is 2.28. The number of hydrogen-bond acceptors (Lipinski definition) is 4. The molecule has 2 heterocycles. The van der Waals surface area contributed by atoms with E-state index in [-0.39, 0.29) is 17.9 Å². The molecule has 6 heteroatoms. The van der Waals surface area contributed by atoms with Crippen molar-refractivity contribution in [1.82, 2.24) is 9.47 Å². The molecule has 3 rings (SSSR count). The Kier molecular flexibility index (Phi) is 8.68. The fourth-order valence-electron chi connectivity index (χ4n) is 4.24. The van der Waals surface area contributed by atoms with E-state index in [4.69, 9.17) is 0 Å². The SMILES string of the molecule is COC(=O)CCCCCCN1C(=O)CC[C@@H]1/C=C/C(O)c1cccc(-c2cccn2C)c1. The topological polar surface area (TPSA) is 71.8 Å². The molecule has 6 nitrogen and oxygen atoms in total. The molecule has 1 saturated heterocycles. The summed E-state index contributed by atoms with van der Waals surface area (Å²) in [5.41, 5.74) is 3.00. The van der Waals surface area contributed by atoms with Crippen molar-refractivity contribution < 1.29 is 19.4 Å². The summed E-state index contributed by atoms with van der Waals surface area (Å²) in [5.74, 6) is 0.00655. The quantitative estimate of drug-likeness (QED) is 0.321. The highest BCUT2D eigenvalue weighted by atomic mass is 16.5. The Morgan fingerprint density at radius 1 is 1.22 bits per heavy atom. The predicted octanol–water partition coefficient (Wildman–Crippen LogP) is 4.40. The van der Waals surface area contributed by atoms with Gasteiger partial charge in [-0.25, -0.2) is 0 Å². The number of ether oxygens (including phenoxy) is 1. The van der Waals surface area contributed by atoms with Crippen LogP contribution in [0, 0.1) is 0 Å². The minimum atomic E-state index is -0.717. The Balaban J connectivity index is 1.52. The van der Waals surface area contributed by atoms with E-state index in [0.717, 1.165) is 48.9 Å². The van der Waals surface area contributed by atoms with E-state index in [9.17, 15) is 14.7 Å². The first-order chi connectivity index (χ1) is 15.5. The van der Waals surface area contributed by atoms with Crippen LogP contribution in [0.3, 0.4) is 0 Å². The van der Waals surface area contributed by atoms with E-state index in [1.54, 1.807) is 6.08 Å². The standard InChI is InChI=1S/C26H34N2O4/c1-27-17-8-11-23(27)20-9-7-10-21(19-20)24(29)15-13-22-14-16-25(30)28(22)18-6-4-3-5-12-26(31)32-2/h7-11,13,15,17,19,22,24,29H,3-6,12,14,16,18H2,1-2H3/b15-13+/t22-,24?/m0/s1. The molecule has 0 radical (unpaired) electrons. The van der Waals surface area contributed by atoms with Crippen LogP contribution in [-0.4, -0.2) is 46.1 Å². The second-order valence-electron chi connectivity index (χ2n) is 8.39. The van der Waals surface area contributed by atoms with Crippen LogP contribution in [0.2, 0.25) is 0 Å². The number of amides is 1. The Labute approximate surface area is 190 Å². The van der Waals surface area contributed by atoms with E-state index in [2.05, 4.69) is 15.4 Å². The predicted molar refractivity (Wildman–Crippen MR) is 125 cm³/mol. The van der Waals surface area contributed by atoms with Gasteiger partial charge in [0.25, 0.3) is 0 Å². The summed E-state index contributed by atoms with van der Waals surface area (Å²) >= 11 is 0. The molecule has 0 bridgehead atoms. The van der Waals surface area contributed by atoms with Crippen LogP contribution in [0.1, 0.15) is 56.6 Å². The third-order valence-electron chi connectivity index (χ3n) is 6.12. The van der Waals surface area contributed by atoms with E-state index in [0.29, 0.717) is 19.4 Å². The number of likely N-dealkylation sites (tertiary alicyclic amines) is 1. The number of methoxy groups -OCH3 is 1. The van der Waals surface area contributed by atoms with Crippen molar-refractivity contribution in [2.75, 3.05) is 13.7 Å². The number of aromatic nitrogens is 1. The lowest BCUT2D eigenvalue weighted by molar-refractivity contribution is -0.140. The molecule has 1 aromatic carbocycles. The first-order valence-corrected chi connectivity index (χ1v) is 11.4. The maximum atomic E-state index is 12.3. The van der Waals surface area contributed by atoms with Crippen molar-refractivity contribution in [1.29, 1.82) is 0 Å². The molecule has 2 atom stereocenters. The molecule has 2 aromatic rings. The van der Waals surface area contributed by atoms with Gasteiger partial charge in [0.1, 0.15) is 0 Å². The molecule has 1 unspecified atom stereocenters. The molecule has 1 amide bonds. The molecule has 0 aliphatic carbocycles. The lowest BCUT2D eigenvalue weighted by Crippen LogP contribution is -2.32. The summed E-state index contributed by atoms with van der Waals surface area (Å²) in [6.45, 7) is 0.713. The lowest BCUT2D eigenvalue weighted by Gasteiger charge is -2.22. The average molecular weight is 439 g/mol. The number of nitrogens with zero attached hydrogens (tertiary/aromatic N) is 2. The molecule has 172 valence electrons. The second kappa shape index (κ2) is 11.7. The summed E-state index contributed by atoms with van der Waals surface area (Å²) < 4.78 is 6.71. The molecule has 1 aromatic heterocycles. The number of carbonyl (C=O) groups excluding carboxylic acids is 2. The molecule has 0 spiro atoms. The van der Waals surface area contributed by atoms with Crippen molar-refractivity contribution >= 4 is 11.9 Å². The van der Waals surface area contributed by atoms with E-state index < -0.39 is 6.10 Å². The van der Waals surface area contributed by atoms with Gasteiger partial charge in [-0.3, -0.25) is 9.59 Å². The summed E-state index contributed by atoms with van der Waals surface area (Å²) in [4.78, 5) is 25.4. The molecule has 1 N–H and O–H groups in total. The number of unbranched alkanes of at least 4 members (excludes halogenated alkanes) is 3. The molecule has 1 fully saturated rings. The largest absolute Gasteiger partial charge is 0.469 e. The van der Waals surface area contributed by atoms with Gasteiger partial charge in [0.15, 0.2) is 0 Å². The lowest BCUT2D eigenvalue weighted by atomic mass is 10.0. The Bertz CT molecular complexity index is 933. The molecular weight excluding hydrogens is 404 g/mol. The van der Waals surface area contributed by atoms with E-state index >= 15 is 0 Å². The second-order valence-corrected chi connectivity index (χ2v) is 8.39. The number of aliphatic hydroxyl groups excluding tert-OH is 1. The molecular formula is C26H34N2O4. The van der Waals surface area contributed by atoms with E-state index in [1.807, 2.05) is 54.6 Å². The minimum absolute atomic E-state index is 0.0308. The van der Waals surface area contributed by atoms with E-state index in [1.165, 1.54) is 7.11 Å². The van der Waals surface area contributed by atoms with Gasteiger partial charge in [-0.15, -0.1) is 0 Å². The van der Waals surface area contributed by atoms with Crippen molar-refractivity contribution in [3.8, 4) is 11.3 Å². The van der Waals surface area contributed by atoms with Crippen LogP contribution < -0.4 is 0 Å². The van der Waals surface area contributed by atoms with Gasteiger partial charge in [-0.05, 0) is 48.6 Å². The maximum absolute atomic E-state index is 12.3. The normalized spacial score (nSPS) is 17.3. The highest BCUT2D eigenvalue weighted by Crippen LogP contribution is 2.26. The smallest absolute Gasteiger partial charge is 0.305 e. The number of rotatable bonds is 11. The third-order valence-corrected chi connectivity index (χ3v) is 6.12. The average Bonchev–Trinajstić information content (AvgIpc) is 3.39. The van der Waals surface area contributed by atoms with Gasteiger partial charge < -0.3 is 19.3 Å². The number of aliphatic hydroxyl groups is 1. The Hall–Kier alpha value is -2.86. The number of carbonyl (C=O) groups is 2. The van der Waals surface area contributed by atoms with Crippen LogP contribution in [0.4, 0.5) is 0 Å². The monoisotopic (exact) mass is 438 g/mol. The Morgan fingerprint density at radius 2 is 2.03 bits per heavy atom. The van der Waals surface area contributed by atoms with Gasteiger partial charge >= 0.3 is 5.97 Å². The van der Waals surface area contributed by atoms with Crippen LogP contribution in [0.5, 0.6) is 0 Å². The summed E-state index contributed by atoms with van der Waals surface area (Å²) in [6, 6.07) is 12.0. The fourth-order valence-corrected chi connectivity index (χ4v) is 4.24. The maximum Gasteiger partial charge on any atom is 0.305 e. The van der Waals surface area contributed by atoms with Crippen LogP contribution >= 0.6 is 0 Å². The number of benzene rings is 1. The molecule has 0 saturated carbocycles. The highest BCUT2D eigenvalue weighted by molar-refractivity contribution is 5.79. The summed E-state index contributed by atoms with van der Waals surface area (Å²) in [5, 5.41) is 10.7. The number of hydrogen-bond donors (Lipinski definition) is 1. The molecule has 32 heavy (non-hydrogen) atoms. The zero-order chi connectivity index (χ0) is 22.9. The molecule has 1 aliphatic heterocycles. The number of esters is 1. The first-order valence-electron chi connectivity index (χ1n) is 11.4. The summed E-state index contributed by atoms with van der Waals surface area (Å²) in [7, 11) is 3.41. The van der Waals surface area contributed by atoms with Gasteiger partial charge in [0, 0.05) is 38.3 Å². The fraction of sp³-hybridized carbons (Fsp3) is 0.462. The van der Waals surface area contributed by atoms with Gasteiger partial charge in [-0.1, -0.05) is 43.2 Å². The zero-order valence-electron chi connectivity index (χ0n) is 19.1. The van der Waals surface area contributed by atoms with Crippen LogP contribution in [-0.2, 0) is 21.4 Å². The third kappa shape index (κ3) is 6.33. The van der Waals surface area contributed by atoms with Crippen molar-refractivity contribution in [2.45, 2.75) is 57.1 Å². The van der Waals surface area contributed by atoms with Gasteiger partial charge in [0.05, 0.1) is 19.3 Å². The van der Waals surface area contributed by atoms with Crippen LogP contribution in [0.25, 0.3) is 11.3 Å². The Morgan fingerprint density at radius 3 is 2.78 bits per heavy atom. The summed E-state index contributed by atoms with van der Waals surface area (Å²) in [6.07, 6.45) is 10.5. The van der Waals surface area contributed by atoms with Crippen LogP contribution in [0.15, 0.2) is 54.7 Å². The van der Waals surface area contributed by atoms with Crippen molar-refractivity contribution in [3.05, 3.63) is 60.3 Å². The van der Waals surface area contributed by atoms with Gasteiger partial charge in [-0.2, -0.15) is 0 Å². The number of aryl methyl sites for hydroxylation is 1. The first kappa shape index (κ1) is 23.8. The van der Waals surface area contributed by atoms with Crippen molar-refractivity contribution in [3.63, 3.8) is 0 Å². The van der Waals surface area contributed by atoms with Gasteiger partial charge in [0.2, 0.25) is 5.91 Å². The zero-order valence-corrected chi connectivity index (χ0v) is 19.1. The molecule has 1 aliphatic rings. The minimum Gasteiger partial charge on any atom is -0.469 e.